The van der Waals surface area contributed by atoms with Gasteiger partial charge in [0.1, 0.15) is 0 Å². The van der Waals surface area contributed by atoms with E-state index in [-0.39, 0.29) is 6.10 Å². The predicted molar refractivity (Wildman–Crippen MR) is 46.5 cm³/mol. The molecule has 1 fully saturated rings. The van der Waals surface area contributed by atoms with Gasteiger partial charge in [-0.15, -0.1) is 0 Å². The number of hydrogen-bond acceptors (Lipinski definition) is 2. The number of aliphatic hydroxyl groups excluding tert-OH is 1. The summed E-state index contributed by atoms with van der Waals surface area (Å²) in [6.07, 6.45) is 3.63. The Bertz CT molecular complexity index is 116. The van der Waals surface area contributed by atoms with Crippen molar-refractivity contribution in [2.24, 2.45) is 5.92 Å². The lowest BCUT2D eigenvalue weighted by Crippen LogP contribution is -2.35. The van der Waals surface area contributed by atoms with Crippen LogP contribution >= 0.6 is 0 Å². The van der Waals surface area contributed by atoms with Gasteiger partial charge < -0.3 is 10.0 Å². The Morgan fingerprint density at radius 2 is 2.09 bits per heavy atom. The molecule has 2 unspecified atom stereocenters. The Morgan fingerprint density at radius 3 is 2.82 bits per heavy atom. The van der Waals surface area contributed by atoms with Crippen molar-refractivity contribution in [1.82, 2.24) is 4.90 Å². The second-order valence-electron chi connectivity index (χ2n) is 3.80. The summed E-state index contributed by atoms with van der Waals surface area (Å²) in [5.74, 6) is 0.484. The summed E-state index contributed by atoms with van der Waals surface area (Å²) in [5.41, 5.74) is 0. The van der Waals surface area contributed by atoms with Gasteiger partial charge in [-0.25, -0.2) is 0 Å². The Morgan fingerprint density at radius 1 is 1.36 bits per heavy atom. The molecule has 0 bridgehead atoms. The first-order chi connectivity index (χ1) is 5.20. The largest absolute Gasteiger partial charge is 0.392 e. The minimum atomic E-state index is -0.111. The van der Waals surface area contributed by atoms with Crippen molar-refractivity contribution in [2.45, 2.75) is 32.3 Å². The normalized spacial score (nSPS) is 36.3. The van der Waals surface area contributed by atoms with Crippen LogP contribution in [0.3, 0.4) is 0 Å². The molecule has 0 aliphatic carbocycles. The van der Waals surface area contributed by atoms with Crippen LogP contribution < -0.4 is 0 Å². The van der Waals surface area contributed by atoms with Gasteiger partial charge in [-0.2, -0.15) is 0 Å². The van der Waals surface area contributed by atoms with Crippen molar-refractivity contribution in [3.63, 3.8) is 0 Å². The lowest BCUT2D eigenvalue weighted by atomic mass is 9.96. The number of aliphatic hydroxyl groups is 1. The molecule has 0 aromatic carbocycles. The molecule has 0 aromatic rings. The highest BCUT2D eigenvalue weighted by Gasteiger charge is 2.17. The molecule has 0 amide bonds. The van der Waals surface area contributed by atoms with E-state index >= 15 is 0 Å². The van der Waals surface area contributed by atoms with Gasteiger partial charge in [-0.1, -0.05) is 13.3 Å². The molecule has 0 spiro atoms. The van der Waals surface area contributed by atoms with Crippen LogP contribution in [0.1, 0.15) is 26.2 Å². The van der Waals surface area contributed by atoms with Crippen LogP contribution in [0.25, 0.3) is 0 Å². The third-order valence-corrected chi connectivity index (χ3v) is 2.60. The van der Waals surface area contributed by atoms with Gasteiger partial charge in [0, 0.05) is 6.54 Å². The summed E-state index contributed by atoms with van der Waals surface area (Å²) in [6.45, 7) is 4.13. The lowest BCUT2D eigenvalue weighted by molar-refractivity contribution is 0.0643. The first kappa shape index (κ1) is 9.01. The van der Waals surface area contributed by atoms with Crippen LogP contribution in [-0.2, 0) is 0 Å². The maximum atomic E-state index is 9.61. The molecule has 1 rings (SSSR count). The van der Waals surface area contributed by atoms with Crippen molar-refractivity contribution in [1.29, 1.82) is 0 Å². The molecule has 2 nitrogen and oxygen atoms in total. The molecule has 2 atom stereocenters. The third-order valence-electron chi connectivity index (χ3n) is 2.60. The summed E-state index contributed by atoms with van der Waals surface area (Å²) in [4.78, 5) is 2.22. The number of hydrogen-bond donors (Lipinski definition) is 1. The van der Waals surface area contributed by atoms with Gasteiger partial charge in [0.05, 0.1) is 6.10 Å². The molecule has 0 radical (unpaired) electrons. The second-order valence-corrected chi connectivity index (χ2v) is 3.80. The molecule has 11 heavy (non-hydrogen) atoms. The maximum Gasteiger partial charge on any atom is 0.0692 e. The van der Waals surface area contributed by atoms with Crippen molar-refractivity contribution >= 4 is 0 Å². The first-order valence-electron chi connectivity index (χ1n) is 4.57. The summed E-state index contributed by atoms with van der Waals surface area (Å²) in [5, 5.41) is 9.61. The molecule has 1 aliphatic rings. The average Bonchev–Trinajstić information content (AvgIpc) is 1.95. The van der Waals surface area contributed by atoms with Gasteiger partial charge in [-0.05, 0) is 32.4 Å². The molecule has 2 heteroatoms. The van der Waals surface area contributed by atoms with Crippen molar-refractivity contribution in [3.05, 3.63) is 0 Å². The minimum absolute atomic E-state index is 0.111. The van der Waals surface area contributed by atoms with E-state index in [4.69, 9.17) is 0 Å². The quantitative estimate of drug-likeness (QED) is 0.569. The van der Waals surface area contributed by atoms with Crippen LogP contribution in [0.2, 0.25) is 0 Å². The number of nitrogens with zero attached hydrogens (tertiary/aromatic N) is 1. The van der Waals surface area contributed by atoms with Crippen LogP contribution in [-0.4, -0.2) is 36.2 Å². The van der Waals surface area contributed by atoms with Gasteiger partial charge in [0.25, 0.3) is 0 Å². The fourth-order valence-corrected chi connectivity index (χ4v) is 1.63. The van der Waals surface area contributed by atoms with E-state index in [1.807, 2.05) is 0 Å². The van der Waals surface area contributed by atoms with E-state index in [1.165, 1.54) is 19.3 Å². The zero-order valence-corrected chi connectivity index (χ0v) is 7.58. The zero-order valence-electron chi connectivity index (χ0n) is 7.58. The van der Waals surface area contributed by atoms with Gasteiger partial charge >= 0.3 is 0 Å². The number of likely N-dealkylation sites (N-methyl/N-ethyl adjacent to an activating group) is 1. The Kier molecular flexibility index (Phi) is 3.34. The average molecular weight is 157 g/mol. The molecule has 1 N–H and O–H groups in total. The molecule has 1 saturated heterocycles. The Labute approximate surface area is 69.2 Å². The van der Waals surface area contributed by atoms with E-state index in [0.29, 0.717) is 5.92 Å². The van der Waals surface area contributed by atoms with Crippen molar-refractivity contribution < 1.29 is 5.11 Å². The summed E-state index contributed by atoms with van der Waals surface area (Å²) < 4.78 is 0. The summed E-state index contributed by atoms with van der Waals surface area (Å²) in [6, 6.07) is 0. The van der Waals surface area contributed by atoms with E-state index < -0.39 is 0 Å². The maximum absolute atomic E-state index is 9.61. The molecule has 0 aromatic heterocycles. The van der Waals surface area contributed by atoms with E-state index in [9.17, 15) is 5.11 Å². The molecule has 66 valence electrons. The topological polar surface area (TPSA) is 23.5 Å². The molecular formula is C9H19NO. The monoisotopic (exact) mass is 157 g/mol. The standard InChI is InChI=1S/C9H19NO/c1-8-5-3-4-6-10(2)7-9(8)11/h8-9,11H,3-7H2,1-2H3. The molecular weight excluding hydrogens is 138 g/mol. The van der Waals surface area contributed by atoms with Gasteiger partial charge in [-0.3, -0.25) is 0 Å². The van der Waals surface area contributed by atoms with Gasteiger partial charge in [0.2, 0.25) is 0 Å². The Hall–Kier alpha value is -0.0800. The first-order valence-corrected chi connectivity index (χ1v) is 4.57. The third kappa shape index (κ3) is 2.80. The second kappa shape index (κ2) is 4.07. The number of likely N-dealkylation sites (tertiary alicyclic amines) is 1. The van der Waals surface area contributed by atoms with E-state index in [2.05, 4.69) is 18.9 Å². The Balaban J connectivity index is 2.38. The highest BCUT2D eigenvalue weighted by atomic mass is 16.3. The molecule has 1 aliphatic heterocycles. The SMILES string of the molecule is CC1CCCCN(C)CC1O. The smallest absolute Gasteiger partial charge is 0.0692 e. The van der Waals surface area contributed by atoms with Crippen LogP contribution in [0.4, 0.5) is 0 Å². The zero-order chi connectivity index (χ0) is 8.27. The number of β-amino-alcohol motifs (C(OH)–C–C–N with tert-alkyl or cyclic N) is 1. The minimum Gasteiger partial charge on any atom is -0.392 e. The summed E-state index contributed by atoms with van der Waals surface area (Å²) in [7, 11) is 2.08. The molecule has 1 heterocycles. The summed E-state index contributed by atoms with van der Waals surface area (Å²) >= 11 is 0. The van der Waals surface area contributed by atoms with E-state index in [0.717, 1.165) is 13.1 Å². The van der Waals surface area contributed by atoms with Crippen molar-refractivity contribution in [2.75, 3.05) is 20.1 Å². The molecule has 0 saturated carbocycles. The predicted octanol–water partition coefficient (Wildman–Crippen LogP) is 1.10. The fourth-order valence-electron chi connectivity index (χ4n) is 1.63. The highest BCUT2D eigenvalue weighted by molar-refractivity contribution is 4.71. The van der Waals surface area contributed by atoms with Crippen LogP contribution in [0.15, 0.2) is 0 Å². The highest BCUT2D eigenvalue weighted by Crippen LogP contribution is 2.16. The lowest BCUT2D eigenvalue weighted by Gasteiger charge is -2.27. The van der Waals surface area contributed by atoms with Gasteiger partial charge in [0.15, 0.2) is 0 Å². The number of rotatable bonds is 0. The van der Waals surface area contributed by atoms with Crippen LogP contribution in [0.5, 0.6) is 0 Å². The van der Waals surface area contributed by atoms with E-state index in [1.54, 1.807) is 0 Å². The fraction of sp³-hybridized carbons (Fsp3) is 1.00. The van der Waals surface area contributed by atoms with Crippen molar-refractivity contribution in [3.8, 4) is 0 Å². The van der Waals surface area contributed by atoms with Crippen LogP contribution in [0, 0.1) is 5.92 Å².